The van der Waals surface area contributed by atoms with E-state index in [1.807, 2.05) is 23.7 Å². The summed E-state index contributed by atoms with van der Waals surface area (Å²) in [7, 11) is -2.29. The lowest BCUT2D eigenvalue weighted by molar-refractivity contribution is 0.446. The third kappa shape index (κ3) is 2.79. The summed E-state index contributed by atoms with van der Waals surface area (Å²) in [5.41, 5.74) is 4.14. The molecule has 2 aromatic heterocycles. The van der Waals surface area contributed by atoms with Gasteiger partial charge in [-0.2, -0.15) is 8.42 Å². The predicted molar refractivity (Wildman–Crippen MR) is 96.3 cm³/mol. The molecule has 6 heteroatoms. The highest BCUT2D eigenvalue weighted by Crippen LogP contribution is 2.44. The third-order valence-electron chi connectivity index (χ3n) is 5.32. The maximum absolute atomic E-state index is 11.5. The number of hydrogen-bond donors (Lipinski definition) is 1. The van der Waals surface area contributed by atoms with E-state index in [4.69, 9.17) is 4.42 Å². The van der Waals surface area contributed by atoms with Crippen molar-refractivity contribution in [3.63, 3.8) is 0 Å². The Morgan fingerprint density at radius 1 is 1.16 bits per heavy atom. The Kier molecular flexibility index (Phi) is 3.96. The monoisotopic (exact) mass is 359 g/mol. The van der Waals surface area contributed by atoms with Gasteiger partial charge in [0.05, 0.1) is 23.1 Å². The lowest BCUT2D eigenvalue weighted by Gasteiger charge is -2.23. The summed E-state index contributed by atoms with van der Waals surface area (Å²) in [6.07, 6.45) is 9.37. The number of hydrogen-bond acceptors (Lipinski definition) is 3. The van der Waals surface area contributed by atoms with Crippen LogP contribution in [0.1, 0.15) is 43.6 Å². The average Bonchev–Trinajstić information content (AvgIpc) is 3.21. The summed E-state index contributed by atoms with van der Waals surface area (Å²) in [4.78, 5) is -0.0745. The normalized spacial score (nSPS) is 16.6. The Balaban J connectivity index is 2.01. The summed E-state index contributed by atoms with van der Waals surface area (Å²) in [6.45, 7) is 0. The second-order valence-electron chi connectivity index (χ2n) is 6.82. The number of aromatic nitrogens is 1. The number of rotatable bonds is 3. The van der Waals surface area contributed by atoms with Gasteiger partial charge in [0, 0.05) is 23.5 Å². The SMILES string of the molecule is Cn1c(-c2ccoc2)c(C2CCCCC2)c2ccc(S(=O)(=O)O)cc21. The molecule has 1 aliphatic carbocycles. The highest BCUT2D eigenvalue weighted by molar-refractivity contribution is 7.85. The summed E-state index contributed by atoms with van der Waals surface area (Å²) >= 11 is 0. The van der Waals surface area contributed by atoms with E-state index in [9.17, 15) is 13.0 Å². The average molecular weight is 359 g/mol. The zero-order valence-electron chi connectivity index (χ0n) is 14.1. The lowest BCUT2D eigenvalue weighted by atomic mass is 9.82. The molecule has 132 valence electrons. The molecule has 0 saturated heterocycles. The smallest absolute Gasteiger partial charge is 0.294 e. The van der Waals surface area contributed by atoms with Crippen molar-refractivity contribution in [2.75, 3.05) is 0 Å². The van der Waals surface area contributed by atoms with Crippen molar-refractivity contribution in [1.29, 1.82) is 0 Å². The van der Waals surface area contributed by atoms with Crippen LogP contribution in [0.4, 0.5) is 0 Å². The maximum Gasteiger partial charge on any atom is 0.294 e. The first-order valence-corrected chi connectivity index (χ1v) is 10.0. The first kappa shape index (κ1) is 16.4. The summed E-state index contributed by atoms with van der Waals surface area (Å²) in [6, 6.07) is 6.81. The summed E-state index contributed by atoms with van der Waals surface area (Å²) < 4.78 is 39.8. The van der Waals surface area contributed by atoms with Crippen molar-refractivity contribution in [3.05, 3.63) is 42.4 Å². The molecule has 25 heavy (non-hydrogen) atoms. The van der Waals surface area contributed by atoms with Crippen LogP contribution < -0.4 is 0 Å². The van der Waals surface area contributed by atoms with Crippen LogP contribution in [0.15, 0.2) is 46.1 Å². The van der Waals surface area contributed by atoms with Gasteiger partial charge in [0.25, 0.3) is 10.1 Å². The quantitative estimate of drug-likeness (QED) is 0.686. The van der Waals surface area contributed by atoms with E-state index in [2.05, 4.69) is 0 Å². The number of fused-ring (bicyclic) bond motifs is 1. The van der Waals surface area contributed by atoms with Crippen molar-refractivity contribution < 1.29 is 17.4 Å². The standard InChI is InChI=1S/C19H21NO4S/c1-20-17-11-15(25(21,22)23)7-8-16(17)18(13-5-3-2-4-6-13)19(20)14-9-10-24-12-14/h7-13H,2-6H2,1H3,(H,21,22,23). The van der Waals surface area contributed by atoms with E-state index >= 15 is 0 Å². The molecule has 1 N–H and O–H groups in total. The van der Waals surface area contributed by atoms with Crippen LogP contribution in [-0.4, -0.2) is 17.5 Å². The minimum atomic E-state index is -4.23. The van der Waals surface area contributed by atoms with Gasteiger partial charge in [-0.15, -0.1) is 0 Å². The van der Waals surface area contributed by atoms with E-state index in [1.165, 1.54) is 30.9 Å². The van der Waals surface area contributed by atoms with Gasteiger partial charge >= 0.3 is 0 Å². The van der Waals surface area contributed by atoms with Crippen molar-refractivity contribution >= 4 is 21.0 Å². The Hall–Kier alpha value is -2.05. The fourth-order valence-corrected chi connectivity index (χ4v) is 4.66. The second-order valence-corrected chi connectivity index (χ2v) is 8.24. The molecule has 1 fully saturated rings. The van der Waals surface area contributed by atoms with Crippen LogP contribution in [0.25, 0.3) is 22.2 Å². The molecule has 0 amide bonds. The van der Waals surface area contributed by atoms with Crippen molar-refractivity contribution in [2.45, 2.75) is 42.9 Å². The predicted octanol–water partition coefficient (Wildman–Crippen LogP) is 4.73. The molecule has 0 unspecified atom stereocenters. The maximum atomic E-state index is 11.5. The molecule has 3 aromatic rings. The van der Waals surface area contributed by atoms with Gasteiger partial charge in [-0.25, -0.2) is 0 Å². The van der Waals surface area contributed by atoms with Crippen molar-refractivity contribution in [1.82, 2.24) is 4.57 Å². The topological polar surface area (TPSA) is 72.4 Å². The van der Waals surface area contributed by atoms with Crippen LogP contribution in [0.3, 0.4) is 0 Å². The molecule has 1 saturated carbocycles. The van der Waals surface area contributed by atoms with Gasteiger partial charge in [0.15, 0.2) is 0 Å². The summed E-state index contributed by atoms with van der Waals surface area (Å²) in [5, 5.41) is 1.05. The molecule has 1 aliphatic rings. The minimum absolute atomic E-state index is 0.0745. The van der Waals surface area contributed by atoms with Gasteiger partial charge in [-0.1, -0.05) is 25.3 Å². The van der Waals surface area contributed by atoms with E-state index in [1.54, 1.807) is 18.6 Å². The molecule has 5 nitrogen and oxygen atoms in total. The van der Waals surface area contributed by atoms with Crippen LogP contribution in [-0.2, 0) is 17.2 Å². The molecule has 0 radical (unpaired) electrons. The number of furan rings is 1. The first-order chi connectivity index (χ1) is 12.0. The van der Waals surface area contributed by atoms with E-state index in [0.29, 0.717) is 5.92 Å². The minimum Gasteiger partial charge on any atom is -0.472 e. The van der Waals surface area contributed by atoms with Gasteiger partial charge in [-0.3, -0.25) is 4.55 Å². The number of aryl methyl sites for hydroxylation is 1. The Labute approximate surface area is 147 Å². The van der Waals surface area contributed by atoms with Gasteiger partial charge in [0.2, 0.25) is 0 Å². The van der Waals surface area contributed by atoms with Crippen LogP contribution >= 0.6 is 0 Å². The third-order valence-corrected chi connectivity index (χ3v) is 6.17. The second kappa shape index (κ2) is 6.04. The largest absolute Gasteiger partial charge is 0.472 e. The van der Waals surface area contributed by atoms with Crippen molar-refractivity contribution in [2.24, 2.45) is 7.05 Å². The lowest BCUT2D eigenvalue weighted by Crippen LogP contribution is -2.06. The van der Waals surface area contributed by atoms with Crippen LogP contribution in [0.2, 0.25) is 0 Å². The summed E-state index contributed by atoms with van der Waals surface area (Å²) in [5.74, 6) is 0.457. The molecule has 0 spiro atoms. The zero-order valence-corrected chi connectivity index (χ0v) is 14.9. The highest BCUT2D eigenvalue weighted by Gasteiger charge is 2.26. The van der Waals surface area contributed by atoms with Gasteiger partial charge in [0.1, 0.15) is 0 Å². The van der Waals surface area contributed by atoms with Crippen LogP contribution in [0.5, 0.6) is 0 Å². The Bertz CT molecular complexity index is 1010. The molecule has 4 rings (SSSR count). The molecule has 0 atom stereocenters. The molecule has 2 heterocycles. The van der Waals surface area contributed by atoms with E-state index in [-0.39, 0.29) is 4.90 Å². The first-order valence-electron chi connectivity index (χ1n) is 8.59. The fourth-order valence-electron chi connectivity index (χ4n) is 4.16. The number of benzene rings is 1. The molecule has 0 aliphatic heterocycles. The fraction of sp³-hybridized carbons (Fsp3) is 0.368. The molecule has 1 aromatic carbocycles. The molecule has 0 bridgehead atoms. The van der Waals surface area contributed by atoms with E-state index < -0.39 is 10.1 Å². The van der Waals surface area contributed by atoms with Gasteiger partial charge in [-0.05, 0) is 42.5 Å². The van der Waals surface area contributed by atoms with Crippen LogP contribution in [0, 0.1) is 0 Å². The molecular weight excluding hydrogens is 338 g/mol. The highest BCUT2D eigenvalue weighted by atomic mass is 32.2. The number of nitrogens with zero attached hydrogens (tertiary/aromatic N) is 1. The Morgan fingerprint density at radius 3 is 2.56 bits per heavy atom. The van der Waals surface area contributed by atoms with Gasteiger partial charge < -0.3 is 8.98 Å². The zero-order chi connectivity index (χ0) is 17.6. The van der Waals surface area contributed by atoms with E-state index in [0.717, 1.165) is 35.0 Å². The Morgan fingerprint density at radius 2 is 1.92 bits per heavy atom. The molecular formula is C19H21NO4S. The van der Waals surface area contributed by atoms with Crippen molar-refractivity contribution in [3.8, 4) is 11.3 Å².